The Balaban J connectivity index is 1.27. The Morgan fingerprint density at radius 3 is 2.29 bits per heavy atom. The summed E-state index contributed by atoms with van der Waals surface area (Å²) in [4.78, 5) is 38.7. The van der Waals surface area contributed by atoms with Crippen LogP contribution < -0.4 is 5.32 Å². The molecule has 1 atom stereocenters. The lowest BCUT2D eigenvalue weighted by atomic mass is 10.0. The zero-order valence-corrected chi connectivity index (χ0v) is 28.5. The van der Waals surface area contributed by atoms with Crippen LogP contribution in [0.2, 0.25) is 0 Å². The van der Waals surface area contributed by atoms with Crippen molar-refractivity contribution < 1.29 is 22.8 Å². The highest BCUT2D eigenvalue weighted by Crippen LogP contribution is 2.29. The molecule has 3 heterocycles. The number of dihydropyridines is 1. The van der Waals surface area contributed by atoms with Gasteiger partial charge in [0.05, 0.1) is 11.9 Å². The van der Waals surface area contributed by atoms with Gasteiger partial charge in [0, 0.05) is 82.9 Å². The molecule has 264 valence electrons. The molecule has 11 heteroatoms. The lowest BCUT2D eigenvalue weighted by molar-refractivity contribution is -0.145. The van der Waals surface area contributed by atoms with E-state index in [2.05, 4.69) is 27.3 Å². The zero-order chi connectivity index (χ0) is 35.8. The Morgan fingerprint density at radius 2 is 1.67 bits per heavy atom. The topological polar surface area (TPSA) is 73.7 Å². The number of allylic oxidation sites excluding steroid dienone is 2. The maximum atomic E-state index is 14.5. The molecule has 0 radical (unpaired) electrons. The highest BCUT2D eigenvalue weighted by atomic mass is 19.4. The normalized spacial score (nSPS) is 15.8. The Morgan fingerprint density at radius 1 is 0.941 bits per heavy atom. The molecule has 1 aromatic heterocycles. The van der Waals surface area contributed by atoms with E-state index in [0.29, 0.717) is 31.7 Å². The van der Waals surface area contributed by atoms with Gasteiger partial charge in [0.15, 0.2) is 0 Å². The highest BCUT2D eigenvalue weighted by molar-refractivity contribution is 5.95. The van der Waals surface area contributed by atoms with Crippen LogP contribution in [0.4, 0.5) is 13.2 Å². The van der Waals surface area contributed by atoms with Crippen LogP contribution >= 0.6 is 0 Å². The van der Waals surface area contributed by atoms with Gasteiger partial charge >= 0.3 is 6.18 Å². The molecule has 1 fully saturated rings. The first kappa shape index (κ1) is 35.4. The number of carbonyl (C=O) groups is 2. The standard InChI is InChI=1S/C40H41F3N6O2/c1-46-29-44-26-35(46)25-37(39(51)48-23-21-47(22-24-48)27-31-7-3-2-4-8-31)49(28-32-10-15-33(16-11-32)36-9-5-6-20-45-36)38(50)19-14-30-12-17-34(18-13-30)40(41,42)43/h2-19,26,29,37,45H,20-25,27-28H2,1H3/b19-14+/t37-/m0/s1. The van der Waals surface area contributed by atoms with Crippen molar-refractivity contribution in [1.82, 2.24) is 29.6 Å². The molecule has 3 aromatic carbocycles. The Hall–Kier alpha value is -5.42. The molecule has 6 rings (SSSR count). The van der Waals surface area contributed by atoms with E-state index in [1.807, 2.05) is 77.2 Å². The number of halogens is 3. The van der Waals surface area contributed by atoms with Gasteiger partial charge in [-0.15, -0.1) is 0 Å². The molecular formula is C40H41F3N6O2. The number of imidazole rings is 1. The van der Waals surface area contributed by atoms with Crippen LogP contribution in [-0.2, 0) is 42.3 Å². The van der Waals surface area contributed by atoms with Crippen molar-refractivity contribution in [3.8, 4) is 0 Å². The van der Waals surface area contributed by atoms with Crippen molar-refractivity contribution in [2.45, 2.75) is 31.7 Å². The molecule has 4 aromatic rings. The summed E-state index contributed by atoms with van der Waals surface area (Å²) in [7, 11) is 1.85. The molecule has 2 aliphatic heterocycles. The molecule has 0 bridgehead atoms. The highest BCUT2D eigenvalue weighted by Gasteiger charge is 2.35. The van der Waals surface area contributed by atoms with Gasteiger partial charge in [0.25, 0.3) is 0 Å². The van der Waals surface area contributed by atoms with Crippen molar-refractivity contribution in [2.24, 2.45) is 7.05 Å². The summed E-state index contributed by atoms with van der Waals surface area (Å²) >= 11 is 0. The fourth-order valence-electron chi connectivity index (χ4n) is 6.32. The maximum absolute atomic E-state index is 14.5. The smallest absolute Gasteiger partial charge is 0.381 e. The van der Waals surface area contributed by atoms with Crippen LogP contribution in [0.5, 0.6) is 0 Å². The van der Waals surface area contributed by atoms with Gasteiger partial charge in [-0.3, -0.25) is 14.5 Å². The first-order valence-corrected chi connectivity index (χ1v) is 17.0. The lowest BCUT2D eigenvalue weighted by Gasteiger charge is -2.39. The monoisotopic (exact) mass is 694 g/mol. The zero-order valence-electron chi connectivity index (χ0n) is 28.5. The number of hydrogen-bond donors (Lipinski definition) is 1. The Labute approximate surface area is 296 Å². The van der Waals surface area contributed by atoms with E-state index in [1.165, 1.54) is 29.8 Å². The second-order valence-corrected chi connectivity index (χ2v) is 12.8. The van der Waals surface area contributed by atoms with Gasteiger partial charge in [-0.05, 0) is 46.5 Å². The van der Waals surface area contributed by atoms with Crippen LogP contribution in [0.15, 0.2) is 116 Å². The second kappa shape index (κ2) is 16.1. The number of amides is 2. The average Bonchev–Trinajstić information content (AvgIpc) is 3.56. The maximum Gasteiger partial charge on any atom is 0.416 e. The summed E-state index contributed by atoms with van der Waals surface area (Å²) in [5, 5.41) is 3.35. The Kier molecular flexibility index (Phi) is 11.2. The molecule has 0 spiro atoms. The summed E-state index contributed by atoms with van der Waals surface area (Å²) in [6.45, 7) is 4.09. The van der Waals surface area contributed by atoms with E-state index in [0.717, 1.165) is 47.7 Å². The fourth-order valence-corrected chi connectivity index (χ4v) is 6.32. The minimum Gasteiger partial charge on any atom is -0.381 e. The fraction of sp³-hybridized carbons (Fsp3) is 0.275. The molecule has 1 N–H and O–H groups in total. The van der Waals surface area contributed by atoms with Crippen LogP contribution in [-0.4, -0.2) is 74.8 Å². The molecular weight excluding hydrogens is 653 g/mol. The van der Waals surface area contributed by atoms with Crippen molar-refractivity contribution in [1.29, 1.82) is 0 Å². The number of piperazine rings is 1. The van der Waals surface area contributed by atoms with E-state index in [9.17, 15) is 22.8 Å². The molecule has 51 heavy (non-hydrogen) atoms. The summed E-state index contributed by atoms with van der Waals surface area (Å²) in [6.07, 6.45) is 8.00. The molecule has 2 amide bonds. The van der Waals surface area contributed by atoms with Crippen LogP contribution in [0.3, 0.4) is 0 Å². The van der Waals surface area contributed by atoms with Crippen molar-refractivity contribution in [3.05, 3.63) is 149 Å². The van der Waals surface area contributed by atoms with Gasteiger partial charge < -0.3 is 19.7 Å². The number of nitrogens with zero attached hydrogens (tertiary/aromatic N) is 5. The largest absolute Gasteiger partial charge is 0.416 e. The van der Waals surface area contributed by atoms with E-state index in [4.69, 9.17) is 0 Å². The van der Waals surface area contributed by atoms with E-state index < -0.39 is 23.7 Å². The number of alkyl halides is 3. The third-order valence-electron chi connectivity index (χ3n) is 9.28. The summed E-state index contributed by atoms with van der Waals surface area (Å²) in [6, 6.07) is 21.8. The molecule has 2 aliphatic rings. The predicted octanol–water partition coefficient (Wildman–Crippen LogP) is 5.94. The summed E-state index contributed by atoms with van der Waals surface area (Å²) in [5.74, 6) is -0.587. The second-order valence-electron chi connectivity index (χ2n) is 12.8. The van der Waals surface area contributed by atoms with E-state index >= 15 is 0 Å². The number of hydrogen-bond acceptors (Lipinski definition) is 5. The number of benzene rings is 3. The minimum absolute atomic E-state index is 0.144. The van der Waals surface area contributed by atoms with E-state index in [1.54, 1.807) is 17.4 Å². The van der Waals surface area contributed by atoms with E-state index in [-0.39, 0.29) is 18.9 Å². The third kappa shape index (κ3) is 9.23. The van der Waals surface area contributed by atoms with Gasteiger partial charge in [-0.1, -0.05) is 78.9 Å². The average molecular weight is 695 g/mol. The van der Waals surface area contributed by atoms with Crippen LogP contribution in [0, 0.1) is 0 Å². The predicted molar refractivity (Wildman–Crippen MR) is 192 cm³/mol. The lowest BCUT2D eigenvalue weighted by Crippen LogP contribution is -2.56. The van der Waals surface area contributed by atoms with Gasteiger partial charge in [-0.25, -0.2) is 4.98 Å². The molecule has 8 nitrogen and oxygen atoms in total. The van der Waals surface area contributed by atoms with Crippen LogP contribution in [0.1, 0.15) is 33.5 Å². The van der Waals surface area contributed by atoms with Crippen LogP contribution in [0.25, 0.3) is 11.8 Å². The van der Waals surface area contributed by atoms with Crippen molar-refractivity contribution >= 4 is 23.6 Å². The van der Waals surface area contributed by atoms with Crippen molar-refractivity contribution in [2.75, 3.05) is 32.7 Å². The first-order chi connectivity index (χ1) is 24.6. The molecule has 0 unspecified atom stereocenters. The minimum atomic E-state index is -4.46. The summed E-state index contributed by atoms with van der Waals surface area (Å²) < 4.78 is 41.3. The van der Waals surface area contributed by atoms with Crippen molar-refractivity contribution in [3.63, 3.8) is 0 Å². The molecule has 0 saturated carbocycles. The SMILES string of the molecule is Cn1cncc1C[C@@H](C(=O)N1CCN(Cc2ccccc2)CC1)N(Cc1ccc(C2=CC=CCN2)cc1)C(=O)/C=C/c1ccc(C(F)(F)F)cc1. The quantitative estimate of drug-likeness (QED) is 0.197. The third-order valence-corrected chi connectivity index (χ3v) is 9.28. The van der Waals surface area contributed by atoms with Gasteiger partial charge in [-0.2, -0.15) is 13.2 Å². The number of aromatic nitrogens is 2. The summed E-state index contributed by atoms with van der Waals surface area (Å²) in [5.41, 5.74) is 4.49. The molecule has 0 aliphatic carbocycles. The number of rotatable bonds is 11. The Bertz CT molecular complexity index is 1870. The number of aryl methyl sites for hydroxylation is 1. The number of carbonyl (C=O) groups excluding carboxylic acids is 2. The first-order valence-electron chi connectivity index (χ1n) is 17.0. The van der Waals surface area contributed by atoms with Gasteiger partial charge in [0.1, 0.15) is 6.04 Å². The van der Waals surface area contributed by atoms with Gasteiger partial charge in [0.2, 0.25) is 11.8 Å². The molecule has 1 saturated heterocycles. The number of nitrogens with one attached hydrogen (secondary N) is 1.